The van der Waals surface area contributed by atoms with Crippen LogP contribution in [0.25, 0.3) is 11.2 Å². The molecule has 258 valence electrons. The van der Waals surface area contributed by atoms with Gasteiger partial charge in [-0.1, -0.05) is 141 Å². The van der Waals surface area contributed by atoms with Crippen molar-refractivity contribution in [3.8, 4) is 12.3 Å². The fourth-order valence-electron chi connectivity index (χ4n) is 6.85. The third kappa shape index (κ3) is 12.5. The summed E-state index contributed by atoms with van der Waals surface area (Å²) in [6, 6.07) is -0.294. The summed E-state index contributed by atoms with van der Waals surface area (Å²) in [5.74, 6) is 2.35. The monoisotopic (exact) mass is 641 g/mol. The van der Waals surface area contributed by atoms with Crippen LogP contribution >= 0.6 is 0 Å². The van der Waals surface area contributed by atoms with Crippen molar-refractivity contribution >= 4 is 23.0 Å². The van der Waals surface area contributed by atoms with E-state index in [0.717, 1.165) is 19.3 Å². The summed E-state index contributed by atoms with van der Waals surface area (Å²) >= 11 is 0. The van der Waals surface area contributed by atoms with Gasteiger partial charge in [0.25, 0.3) is 0 Å². The number of hydrogen-bond acceptors (Lipinski definition) is 7. The van der Waals surface area contributed by atoms with E-state index < -0.39 is 17.6 Å². The maximum Gasteiger partial charge on any atom is 0.312 e. The SMILES string of the molecule is C#C[C@]1(COC(=O)CCCCCCCCCCCCCCCCCCCCCCC)C[C@@H](n2cnc3c(N)nc(F)nc32)C[C@@H]1O. The predicted octanol–water partition coefficient (Wildman–Crippen LogP) is 9.01. The first-order valence-electron chi connectivity index (χ1n) is 18.4. The van der Waals surface area contributed by atoms with Crippen LogP contribution in [0.5, 0.6) is 0 Å². The van der Waals surface area contributed by atoms with Crippen molar-refractivity contribution in [2.45, 2.75) is 173 Å². The van der Waals surface area contributed by atoms with Gasteiger partial charge in [-0.2, -0.15) is 14.4 Å². The highest BCUT2D eigenvalue weighted by Crippen LogP contribution is 2.45. The minimum absolute atomic E-state index is 0.0443. The molecule has 9 heteroatoms. The second-order valence-electron chi connectivity index (χ2n) is 13.6. The number of nitrogens with zero attached hydrogens (tertiary/aromatic N) is 4. The summed E-state index contributed by atoms with van der Waals surface area (Å²) in [7, 11) is 0. The fraction of sp³-hybridized carbons (Fsp3) is 0.784. The van der Waals surface area contributed by atoms with Gasteiger partial charge in [-0.15, -0.1) is 6.42 Å². The summed E-state index contributed by atoms with van der Waals surface area (Å²) in [6.45, 7) is 2.22. The lowest BCUT2D eigenvalue weighted by molar-refractivity contribution is -0.147. The molecular weight excluding hydrogens is 581 g/mol. The second kappa shape index (κ2) is 21.2. The van der Waals surface area contributed by atoms with E-state index in [-0.39, 0.29) is 30.1 Å². The highest BCUT2D eigenvalue weighted by atomic mass is 19.1. The molecule has 8 nitrogen and oxygen atoms in total. The molecule has 1 aliphatic rings. The standard InChI is InChI=1S/C37H60FN5O3/c1-3-5-6-7-8-9-10-11-12-13-14-15-16-17-18-19-20-21-22-23-24-25-32(45)46-28-37(4-2)27-30(26-31(37)44)43-29-40-33-34(39)41-36(38)42-35(33)43/h2,29-31,44H,3,5-28H2,1H3,(H2,39,41,42)/t30-,31-,37+/m0/s1. The topological polar surface area (TPSA) is 116 Å². The lowest BCUT2D eigenvalue weighted by Gasteiger charge is -2.26. The first-order chi connectivity index (χ1) is 22.4. The number of esters is 1. The lowest BCUT2D eigenvalue weighted by atomic mass is 9.86. The number of aromatic nitrogens is 4. The first-order valence-corrected chi connectivity index (χ1v) is 18.4. The number of halogens is 1. The average Bonchev–Trinajstić information content (AvgIpc) is 3.61. The highest BCUT2D eigenvalue weighted by molar-refractivity contribution is 5.81. The zero-order valence-electron chi connectivity index (χ0n) is 28.5. The van der Waals surface area contributed by atoms with Crippen LogP contribution < -0.4 is 5.73 Å². The van der Waals surface area contributed by atoms with Gasteiger partial charge >= 0.3 is 12.0 Å². The molecule has 0 amide bonds. The van der Waals surface area contributed by atoms with Gasteiger partial charge in [0.2, 0.25) is 0 Å². The number of rotatable bonds is 25. The van der Waals surface area contributed by atoms with Crippen molar-refractivity contribution < 1.29 is 19.0 Å². The van der Waals surface area contributed by atoms with Crippen LogP contribution in [0.3, 0.4) is 0 Å². The van der Waals surface area contributed by atoms with E-state index in [4.69, 9.17) is 16.9 Å². The number of nitrogens with two attached hydrogens (primary N) is 1. The van der Waals surface area contributed by atoms with Gasteiger partial charge in [0, 0.05) is 12.5 Å². The van der Waals surface area contributed by atoms with Gasteiger partial charge in [0.15, 0.2) is 11.5 Å². The smallest absolute Gasteiger partial charge is 0.312 e. The van der Waals surface area contributed by atoms with Gasteiger partial charge in [-0.05, 0) is 19.3 Å². The number of unbranched alkanes of at least 4 members (excludes halogenated alkanes) is 20. The van der Waals surface area contributed by atoms with Crippen LogP contribution in [0.4, 0.5) is 10.2 Å². The zero-order chi connectivity index (χ0) is 33.0. The molecule has 0 aliphatic heterocycles. The van der Waals surface area contributed by atoms with Gasteiger partial charge in [0.1, 0.15) is 12.1 Å². The van der Waals surface area contributed by atoms with Crippen LogP contribution in [0.1, 0.15) is 167 Å². The Hall–Kier alpha value is -2.73. The van der Waals surface area contributed by atoms with E-state index in [1.807, 2.05) is 0 Å². The molecule has 3 rings (SSSR count). The Bertz CT molecular complexity index is 1200. The minimum Gasteiger partial charge on any atom is -0.464 e. The maximum atomic E-state index is 13.8. The molecule has 3 N–H and O–H groups in total. The third-order valence-corrected chi connectivity index (χ3v) is 9.81. The van der Waals surface area contributed by atoms with E-state index in [1.165, 1.54) is 122 Å². The number of anilines is 1. The summed E-state index contributed by atoms with van der Waals surface area (Å²) in [6.07, 6.45) is 34.3. The van der Waals surface area contributed by atoms with Crippen LogP contribution in [-0.4, -0.2) is 43.3 Å². The summed E-state index contributed by atoms with van der Waals surface area (Å²) in [4.78, 5) is 24.0. The Balaban J connectivity index is 1.16. The molecule has 2 heterocycles. The Labute approximate surface area is 276 Å². The number of imidazole rings is 1. The molecule has 0 saturated heterocycles. The van der Waals surface area contributed by atoms with E-state index in [1.54, 1.807) is 4.57 Å². The normalized spacial score (nSPS) is 19.5. The van der Waals surface area contributed by atoms with E-state index in [9.17, 15) is 14.3 Å². The number of nitrogen functional groups attached to an aromatic ring is 1. The van der Waals surface area contributed by atoms with Crippen molar-refractivity contribution in [2.75, 3.05) is 12.3 Å². The summed E-state index contributed by atoms with van der Waals surface area (Å²) < 4.78 is 21.0. The second-order valence-corrected chi connectivity index (χ2v) is 13.6. The van der Waals surface area contributed by atoms with E-state index in [0.29, 0.717) is 24.8 Å². The number of ether oxygens (including phenoxy) is 1. The molecule has 0 radical (unpaired) electrons. The summed E-state index contributed by atoms with van der Waals surface area (Å²) in [5, 5.41) is 10.9. The first kappa shape index (κ1) is 37.7. The van der Waals surface area contributed by atoms with Crippen LogP contribution in [0.15, 0.2) is 6.33 Å². The molecule has 2 aromatic rings. The zero-order valence-corrected chi connectivity index (χ0v) is 28.5. The van der Waals surface area contributed by atoms with Gasteiger partial charge in [-0.3, -0.25) is 4.79 Å². The van der Waals surface area contributed by atoms with Crippen LogP contribution in [0.2, 0.25) is 0 Å². The number of aliphatic hydroxyl groups is 1. The van der Waals surface area contributed by atoms with Crippen molar-refractivity contribution in [3.05, 3.63) is 12.4 Å². The highest BCUT2D eigenvalue weighted by Gasteiger charge is 2.47. The number of aliphatic hydroxyl groups excluding tert-OH is 1. The van der Waals surface area contributed by atoms with Gasteiger partial charge in [-0.25, -0.2) is 4.98 Å². The molecule has 46 heavy (non-hydrogen) atoms. The summed E-state index contributed by atoms with van der Waals surface area (Å²) in [5.41, 5.74) is 5.30. The van der Waals surface area contributed by atoms with Crippen molar-refractivity contribution in [2.24, 2.45) is 5.41 Å². The molecule has 0 bridgehead atoms. The van der Waals surface area contributed by atoms with E-state index in [2.05, 4.69) is 27.8 Å². The number of carbonyl (C=O) groups is 1. The largest absolute Gasteiger partial charge is 0.464 e. The number of carbonyl (C=O) groups excluding carboxylic acids is 1. The Kier molecular flexibility index (Phi) is 17.4. The predicted molar refractivity (Wildman–Crippen MR) is 183 cm³/mol. The third-order valence-electron chi connectivity index (χ3n) is 9.81. The molecule has 1 aliphatic carbocycles. The molecule has 1 saturated carbocycles. The Morgan fingerprint density at radius 2 is 1.43 bits per heavy atom. The van der Waals surface area contributed by atoms with Crippen LogP contribution in [0, 0.1) is 23.8 Å². The number of hydrogen-bond donors (Lipinski definition) is 2. The number of terminal acetylenes is 1. The molecule has 3 atom stereocenters. The molecule has 0 unspecified atom stereocenters. The van der Waals surface area contributed by atoms with Gasteiger partial charge < -0.3 is 20.1 Å². The van der Waals surface area contributed by atoms with E-state index >= 15 is 0 Å². The Morgan fingerprint density at radius 3 is 1.93 bits per heavy atom. The maximum absolute atomic E-state index is 13.8. The van der Waals surface area contributed by atoms with Crippen LogP contribution in [-0.2, 0) is 9.53 Å². The fourth-order valence-corrected chi connectivity index (χ4v) is 6.85. The van der Waals surface area contributed by atoms with Crippen molar-refractivity contribution in [3.63, 3.8) is 0 Å². The molecule has 0 spiro atoms. The quantitative estimate of drug-likeness (QED) is 0.0481. The number of fused-ring (bicyclic) bond motifs is 1. The molecular formula is C37H60FN5O3. The molecule has 0 aromatic carbocycles. The average molecular weight is 642 g/mol. The molecule has 1 fully saturated rings. The minimum atomic E-state index is -1.03. The van der Waals surface area contributed by atoms with Gasteiger partial charge in [0.05, 0.1) is 17.8 Å². The Morgan fingerprint density at radius 1 is 0.935 bits per heavy atom. The van der Waals surface area contributed by atoms with Crippen molar-refractivity contribution in [1.82, 2.24) is 19.5 Å². The van der Waals surface area contributed by atoms with Crippen molar-refractivity contribution in [1.29, 1.82) is 0 Å². The molecule has 2 aromatic heterocycles. The lowest BCUT2D eigenvalue weighted by Crippen LogP contribution is -2.34.